The Morgan fingerprint density at radius 1 is 1.19 bits per heavy atom. The van der Waals surface area contributed by atoms with Crippen LogP contribution in [0.3, 0.4) is 0 Å². The summed E-state index contributed by atoms with van der Waals surface area (Å²) in [6, 6.07) is 14.4. The highest BCUT2D eigenvalue weighted by molar-refractivity contribution is 6.31. The number of aromatic nitrogens is 2. The first-order valence-electron chi connectivity index (χ1n) is 8.04. The molecule has 0 aliphatic carbocycles. The number of ether oxygens (including phenoxy) is 1. The predicted octanol–water partition coefficient (Wildman–Crippen LogP) is 4.43. The van der Waals surface area contributed by atoms with Crippen LogP contribution in [0.2, 0.25) is 5.02 Å². The van der Waals surface area contributed by atoms with Crippen molar-refractivity contribution < 1.29 is 9.15 Å². The molecule has 0 aliphatic rings. The van der Waals surface area contributed by atoms with Crippen LogP contribution >= 0.6 is 11.6 Å². The zero-order valence-corrected chi connectivity index (χ0v) is 14.7. The first kappa shape index (κ1) is 16.4. The molecule has 0 atom stereocenters. The summed E-state index contributed by atoms with van der Waals surface area (Å²) < 4.78 is 13.6. The Morgan fingerprint density at radius 3 is 2.73 bits per heavy atom. The monoisotopic (exact) mass is 366 g/mol. The van der Waals surface area contributed by atoms with Gasteiger partial charge in [-0.15, -0.1) is 0 Å². The second-order valence-corrected chi connectivity index (χ2v) is 6.34. The lowest BCUT2D eigenvalue weighted by molar-refractivity contribution is 0.298. The smallest absolute Gasteiger partial charge is 0.235 e. The molecular formula is C20H15ClN2O3. The van der Waals surface area contributed by atoms with Crippen LogP contribution in [-0.4, -0.2) is 9.78 Å². The van der Waals surface area contributed by atoms with Crippen molar-refractivity contribution in [2.75, 3.05) is 0 Å². The molecule has 0 saturated heterocycles. The van der Waals surface area contributed by atoms with Gasteiger partial charge in [-0.05, 0) is 18.2 Å². The first-order valence-corrected chi connectivity index (χ1v) is 8.42. The molecule has 26 heavy (non-hydrogen) atoms. The number of hydrogen-bond donors (Lipinski definition) is 0. The minimum atomic E-state index is -0.253. The number of benzene rings is 2. The normalized spacial score (nSPS) is 11.0. The predicted molar refractivity (Wildman–Crippen MR) is 100 cm³/mol. The highest BCUT2D eigenvalue weighted by Gasteiger charge is 2.18. The maximum atomic E-state index is 13.0. The third kappa shape index (κ3) is 3.09. The maximum Gasteiger partial charge on any atom is 0.235 e. The summed E-state index contributed by atoms with van der Waals surface area (Å²) in [7, 11) is 1.82. The minimum Gasteiger partial charge on any atom is -0.481 e. The third-order valence-corrected chi connectivity index (χ3v) is 4.22. The molecule has 0 aliphatic heterocycles. The molecule has 0 fully saturated rings. The maximum absolute atomic E-state index is 13.0. The van der Waals surface area contributed by atoms with Gasteiger partial charge in [-0.2, -0.15) is 5.10 Å². The van der Waals surface area contributed by atoms with E-state index in [9.17, 15) is 4.79 Å². The molecule has 2 heterocycles. The molecule has 2 aromatic heterocycles. The Kier molecular flexibility index (Phi) is 4.22. The van der Waals surface area contributed by atoms with Crippen LogP contribution in [0.4, 0.5) is 0 Å². The van der Waals surface area contributed by atoms with E-state index in [1.165, 1.54) is 0 Å². The van der Waals surface area contributed by atoms with Crippen molar-refractivity contribution in [3.05, 3.63) is 81.7 Å². The van der Waals surface area contributed by atoms with Gasteiger partial charge in [0.2, 0.25) is 11.2 Å². The second-order valence-electron chi connectivity index (χ2n) is 5.91. The molecule has 130 valence electrons. The topological polar surface area (TPSA) is 57.3 Å². The van der Waals surface area contributed by atoms with Crippen molar-refractivity contribution >= 4 is 22.6 Å². The average molecular weight is 367 g/mol. The van der Waals surface area contributed by atoms with E-state index in [1.54, 1.807) is 29.1 Å². The van der Waals surface area contributed by atoms with E-state index in [4.69, 9.17) is 20.8 Å². The van der Waals surface area contributed by atoms with E-state index in [0.29, 0.717) is 21.8 Å². The molecule has 0 bridgehead atoms. The van der Waals surface area contributed by atoms with Crippen LogP contribution in [0.25, 0.3) is 22.3 Å². The lowest BCUT2D eigenvalue weighted by Gasteiger charge is -2.11. The SMILES string of the molecule is Cn1cc(COc2c(-c3ccccc3)oc3ccc(Cl)cc3c2=O)cn1. The first-order chi connectivity index (χ1) is 12.6. The average Bonchev–Trinajstić information content (AvgIpc) is 3.07. The fourth-order valence-corrected chi connectivity index (χ4v) is 2.94. The highest BCUT2D eigenvalue weighted by atomic mass is 35.5. The zero-order chi connectivity index (χ0) is 18.1. The van der Waals surface area contributed by atoms with E-state index in [-0.39, 0.29) is 17.8 Å². The van der Waals surface area contributed by atoms with Crippen LogP contribution < -0.4 is 10.2 Å². The van der Waals surface area contributed by atoms with Crippen molar-refractivity contribution in [3.63, 3.8) is 0 Å². The molecule has 0 radical (unpaired) electrons. The molecule has 0 amide bonds. The quantitative estimate of drug-likeness (QED) is 0.536. The van der Waals surface area contributed by atoms with Gasteiger partial charge in [0, 0.05) is 29.4 Å². The number of halogens is 1. The lowest BCUT2D eigenvalue weighted by atomic mass is 10.1. The van der Waals surface area contributed by atoms with Crippen LogP contribution in [-0.2, 0) is 13.7 Å². The minimum absolute atomic E-state index is 0.162. The van der Waals surface area contributed by atoms with E-state index in [0.717, 1.165) is 11.1 Å². The molecular weight excluding hydrogens is 352 g/mol. The second kappa shape index (κ2) is 6.69. The van der Waals surface area contributed by atoms with E-state index in [2.05, 4.69) is 5.10 Å². The summed E-state index contributed by atoms with van der Waals surface area (Å²) in [5.74, 6) is 0.559. The van der Waals surface area contributed by atoms with Gasteiger partial charge in [-0.3, -0.25) is 9.48 Å². The molecule has 0 N–H and O–H groups in total. The van der Waals surface area contributed by atoms with Crippen LogP contribution in [0.1, 0.15) is 5.56 Å². The van der Waals surface area contributed by atoms with Gasteiger partial charge in [0.05, 0.1) is 11.6 Å². The summed E-state index contributed by atoms with van der Waals surface area (Å²) in [5.41, 5.74) is 1.84. The Bertz CT molecular complexity index is 1130. The van der Waals surface area contributed by atoms with E-state index < -0.39 is 0 Å². The van der Waals surface area contributed by atoms with Crippen molar-refractivity contribution in [2.45, 2.75) is 6.61 Å². The van der Waals surface area contributed by atoms with E-state index >= 15 is 0 Å². The Balaban J connectivity index is 1.86. The Morgan fingerprint density at radius 2 is 2.00 bits per heavy atom. The number of fused-ring (bicyclic) bond motifs is 1. The van der Waals surface area contributed by atoms with Crippen LogP contribution in [0.15, 0.2) is 70.1 Å². The summed E-state index contributed by atoms with van der Waals surface area (Å²) in [4.78, 5) is 13.0. The molecule has 6 heteroatoms. The Hall–Kier alpha value is -3.05. The van der Waals surface area contributed by atoms with Crippen LogP contribution in [0.5, 0.6) is 5.75 Å². The van der Waals surface area contributed by atoms with Crippen molar-refractivity contribution in [3.8, 4) is 17.1 Å². The largest absolute Gasteiger partial charge is 0.481 e. The van der Waals surface area contributed by atoms with Gasteiger partial charge >= 0.3 is 0 Å². The molecule has 0 unspecified atom stereocenters. The molecule has 2 aromatic carbocycles. The van der Waals surface area contributed by atoms with Crippen molar-refractivity contribution in [2.24, 2.45) is 7.05 Å². The molecule has 0 saturated carbocycles. The standard InChI is InChI=1S/C20H15ClN2O3/c1-23-11-13(10-22-23)12-25-20-18(24)16-9-15(21)7-8-17(16)26-19(20)14-5-3-2-4-6-14/h2-11H,12H2,1H3. The molecule has 4 rings (SSSR count). The number of nitrogens with zero attached hydrogens (tertiary/aromatic N) is 2. The summed E-state index contributed by atoms with van der Waals surface area (Å²) in [5, 5.41) is 4.97. The van der Waals surface area contributed by atoms with Crippen molar-refractivity contribution in [1.82, 2.24) is 9.78 Å². The molecule has 0 spiro atoms. The zero-order valence-electron chi connectivity index (χ0n) is 14.0. The third-order valence-electron chi connectivity index (χ3n) is 3.99. The summed E-state index contributed by atoms with van der Waals surface area (Å²) in [6.07, 6.45) is 3.53. The number of aryl methyl sites for hydroxylation is 1. The fraction of sp³-hybridized carbons (Fsp3) is 0.100. The van der Waals surface area contributed by atoms with Crippen LogP contribution in [0, 0.1) is 0 Å². The lowest BCUT2D eigenvalue weighted by Crippen LogP contribution is -2.10. The van der Waals surface area contributed by atoms with E-state index in [1.807, 2.05) is 43.6 Å². The number of hydrogen-bond acceptors (Lipinski definition) is 4. The van der Waals surface area contributed by atoms with Gasteiger partial charge in [0.1, 0.15) is 12.2 Å². The van der Waals surface area contributed by atoms with Crippen molar-refractivity contribution in [1.29, 1.82) is 0 Å². The van der Waals surface area contributed by atoms with Gasteiger partial charge < -0.3 is 9.15 Å². The van der Waals surface area contributed by atoms with Gasteiger partial charge in [-0.1, -0.05) is 41.9 Å². The van der Waals surface area contributed by atoms with Gasteiger partial charge in [0.25, 0.3) is 0 Å². The molecule has 5 nitrogen and oxygen atoms in total. The Labute approximate surface area is 154 Å². The highest BCUT2D eigenvalue weighted by Crippen LogP contribution is 2.32. The summed E-state index contributed by atoms with van der Waals surface area (Å²) >= 11 is 6.04. The van der Waals surface area contributed by atoms with Gasteiger partial charge in [0.15, 0.2) is 5.76 Å². The van der Waals surface area contributed by atoms with Gasteiger partial charge in [-0.25, -0.2) is 0 Å². The summed E-state index contributed by atoms with van der Waals surface area (Å²) in [6.45, 7) is 0.213. The fourth-order valence-electron chi connectivity index (χ4n) is 2.76. The molecule has 4 aromatic rings. The number of rotatable bonds is 4.